The van der Waals surface area contributed by atoms with Gasteiger partial charge >= 0.3 is 6.03 Å². The summed E-state index contributed by atoms with van der Waals surface area (Å²) in [6.07, 6.45) is 0. The Hall–Kier alpha value is -2.55. The van der Waals surface area contributed by atoms with Crippen molar-refractivity contribution >= 4 is 34.5 Å². The van der Waals surface area contributed by atoms with E-state index in [-0.39, 0.29) is 11.9 Å². The summed E-state index contributed by atoms with van der Waals surface area (Å²) in [5.74, 6) is 0.413. The van der Waals surface area contributed by atoms with Crippen LogP contribution in [0, 0.1) is 3.57 Å². The monoisotopic (exact) mass is 491 g/mol. The van der Waals surface area contributed by atoms with Crippen molar-refractivity contribution in [3.63, 3.8) is 0 Å². The van der Waals surface area contributed by atoms with E-state index in [2.05, 4.69) is 38.5 Å². The van der Waals surface area contributed by atoms with Gasteiger partial charge in [0.1, 0.15) is 5.75 Å². The molecule has 2 aromatic rings. The molecule has 0 radical (unpaired) electrons. The van der Waals surface area contributed by atoms with Crippen LogP contribution in [0.1, 0.15) is 31.0 Å². The van der Waals surface area contributed by atoms with E-state index >= 15 is 0 Å². The molecule has 3 amide bonds. The Morgan fingerprint density at radius 1 is 1.21 bits per heavy atom. The second kappa shape index (κ2) is 9.09. The molecule has 3 N–H and O–H groups in total. The van der Waals surface area contributed by atoms with Gasteiger partial charge in [-0.2, -0.15) is 0 Å². The zero-order valence-corrected chi connectivity index (χ0v) is 17.9. The Kier molecular flexibility index (Phi) is 6.56. The second-order valence-corrected chi connectivity index (χ2v) is 7.60. The number of benzene rings is 2. The van der Waals surface area contributed by atoms with E-state index in [1.54, 1.807) is 6.92 Å². The van der Waals surface area contributed by atoms with Crippen molar-refractivity contribution in [1.29, 1.82) is 0 Å². The van der Waals surface area contributed by atoms with Gasteiger partial charge < -0.3 is 20.7 Å². The molecule has 6 nitrogen and oxygen atoms in total. The number of nitrogens with one attached hydrogen (secondary N) is 3. The van der Waals surface area contributed by atoms with Crippen LogP contribution < -0.4 is 20.7 Å². The van der Waals surface area contributed by atoms with Crippen molar-refractivity contribution in [3.8, 4) is 5.75 Å². The van der Waals surface area contributed by atoms with Crippen LogP contribution in [-0.2, 0) is 11.3 Å². The number of amides is 3. The number of hydrogen-bond acceptors (Lipinski definition) is 3. The summed E-state index contributed by atoms with van der Waals surface area (Å²) in [4.78, 5) is 25.2. The SMILES string of the molecule is CCOc1ccc(I)cc1C1NC(=O)NC(C)=C1C(=O)NCc1ccccc1. The highest BCUT2D eigenvalue weighted by Crippen LogP contribution is 2.34. The first-order chi connectivity index (χ1) is 13.5. The minimum absolute atomic E-state index is 0.236. The van der Waals surface area contributed by atoms with Crippen LogP contribution >= 0.6 is 22.6 Å². The van der Waals surface area contributed by atoms with Crippen molar-refractivity contribution in [2.75, 3.05) is 6.61 Å². The molecule has 0 bridgehead atoms. The predicted octanol–water partition coefficient (Wildman–Crippen LogP) is 3.63. The van der Waals surface area contributed by atoms with Gasteiger partial charge in [-0.3, -0.25) is 4.79 Å². The van der Waals surface area contributed by atoms with E-state index in [9.17, 15) is 9.59 Å². The first-order valence-corrected chi connectivity index (χ1v) is 10.1. The highest BCUT2D eigenvalue weighted by Gasteiger charge is 2.33. The Morgan fingerprint density at radius 3 is 2.68 bits per heavy atom. The van der Waals surface area contributed by atoms with Crippen molar-refractivity contribution < 1.29 is 14.3 Å². The highest BCUT2D eigenvalue weighted by atomic mass is 127. The van der Waals surface area contributed by atoms with Crippen molar-refractivity contribution in [3.05, 3.63) is 74.5 Å². The molecule has 1 aliphatic heterocycles. The molecule has 1 unspecified atom stereocenters. The molecule has 28 heavy (non-hydrogen) atoms. The van der Waals surface area contributed by atoms with Crippen LogP contribution in [0.3, 0.4) is 0 Å². The van der Waals surface area contributed by atoms with E-state index in [0.717, 1.165) is 14.7 Å². The standard InChI is InChI=1S/C21H22IN3O3/c1-3-28-17-10-9-15(22)11-16(17)19-18(13(2)24-21(27)25-19)20(26)23-12-14-7-5-4-6-8-14/h4-11,19H,3,12H2,1-2H3,(H,23,26)(H2,24,25,27). The molecule has 1 heterocycles. The molecule has 2 aromatic carbocycles. The van der Waals surface area contributed by atoms with Crippen molar-refractivity contribution in [2.45, 2.75) is 26.4 Å². The number of halogens is 1. The van der Waals surface area contributed by atoms with Crippen LogP contribution in [0.25, 0.3) is 0 Å². The zero-order valence-electron chi connectivity index (χ0n) is 15.7. The average Bonchev–Trinajstić information content (AvgIpc) is 2.68. The zero-order chi connectivity index (χ0) is 20.1. The third-order valence-corrected chi connectivity index (χ3v) is 5.06. The number of carbonyl (C=O) groups is 2. The summed E-state index contributed by atoms with van der Waals surface area (Å²) in [5.41, 5.74) is 2.76. The fourth-order valence-corrected chi connectivity index (χ4v) is 3.65. The van der Waals surface area contributed by atoms with Gasteiger partial charge in [0.25, 0.3) is 5.91 Å². The van der Waals surface area contributed by atoms with Crippen LogP contribution in [0.5, 0.6) is 5.75 Å². The van der Waals surface area contributed by atoms with E-state index < -0.39 is 6.04 Å². The summed E-state index contributed by atoms with van der Waals surface area (Å²) in [5, 5.41) is 8.52. The lowest BCUT2D eigenvalue weighted by Crippen LogP contribution is -2.47. The number of allylic oxidation sites excluding steroid dienone is 1. The molecule has 0 aromatic heterocycles. The molecule has 7 heteroatoms. The quantitative estimate of drug-likeness (QED) is 0.541. The maximum Gasteiger partial charge on any atom is 0.319 e. The van der Waals surface area contributed by atoms with Gasteiger partial charge in [-0.05, 0) is 60.2 Å². The Bertz CT molecular complexity index is 912. The Labute approximate surface area is 177 Å². The number of ether oxygens (including phenoxy) is 1. The lowest BCUT2D eigenvalue weighted by molar-refractivity contribution is -0.118. The molecular weight excluding hydrogens is 469 g/mol. The highest BCUT2D eigenvalue weighted by molar-refractivity contribution is 14.1. The molecule has 1 atom stereocenters. The largest absolute Gasteiger partial charge is 0.494 e. The molecular formula is C21H22IN3O3. The minimum atomic E-state index is -0.596. The van der Waals surface area contributed by atoms with Gasteiger partial charge in [0.2, 0.25) is 0 Å². The minimum Gasteiger partial charge on any atom is -0.494 e. The molecule has 146 valence electrons. The van der Waals surface area contributed by atoms with Crippen LogP contribution in [-0.4, -0.2) is 18.5 Å². The lowest BCUT2D eigenvalue weighted by Gasteiger charge is -2.30. The second-order valence-electron chi connectivity index (χ2n) is 6.35. The van der Waals surface area contributed by atoms with E-state index in [4.69, 9.17) is 4.74 Å². The van der Waals surface area contributed by atoms with E-state index in [0.29, 0.717) is 30.2 Å². The predicted molar refractivity (Wildman–Crippen MR) is 116 cm³/mol. The fourth-order valence-electron chi connectivity index (χ4n) is 3.13. The maximum absolute atomic E-state index is 13.0. The fraction of sp³-hybridized carbons (Fsp3) is 0.238. The van der Waals surface area contributed by atoms with Gasteiger partial charge in [-0.25, -0.2) is 4.79 Å². The van der Waals surface area contributed by atoms with Crippen LogP contribution in [0.4, 0.5) is 4.79 Å². The summed E-state index contributed by atoms with van der Waals surface area (Å²) in [6, 6.07) is 14.5. The Morgan fingerprint density at radius 2 is 1.96 bits per heavy atom. The summed E-state index contributed by atoms with van der Waals surface area (Å²) >= 11 is 2.21. The third kappa shape index (κ3) is 4.64. The number of carbonyl (C=O) groups excluding carboxylic acids is 2. The molecule has 0 saturated carbocycles. The van der Waals surface area contributed by atoms with Gasteiger partial charge in [0, 0.05) is 21.4 Å². The summed E-state index contributed by atoms with van der Waals surface area (Å²) in [6.45, 7) is 4.53. The van der Waals surface area contributed by atoms with Gasteiger partial charge in [0.15, 0.2) is 0 Å². The molecule has 1 aliphatic rings. The average molecular weight is 491 g/mol. The van der Waals surface area contributed by atoms with E-state index in [1.165, 1.54) is 0 Å². The third-order valence-electron chi connectivity index (χ3n) is 4.39. The maximum atomic E-state index is 13.0. The smallest absolute Gasteiger partial charge is 0.319 e. The molecule has 0 fully saturated rings. The number of hydrogen-bond donors (Lipinski definition) is 3. The number of urea groups is 1. The summed E-state index contributed by atoms with van der Waals surface area (Å²) in [7, 11) is 0. The molecule has 0 aliphatic carbocycles. The van der Waals surface area contributed by atoms with E-state index in [1.807, 2.05) is 55.5 Å². The van der Waals surface area contributed by atoms with Gasteiger partial charge in [-0.15, -0.1) is 0 Å². The first-order valence-electron chi connectivity index (χ1n) is 9.02. The summed E-state index contributed by atoms with van der Waals surface area (Å²) < 4.78 is 6.73. The topological polar surface area (TPSA) is 79.5 Å². The first kappa shape index (κ1) is 20.2. The normalized spacial score (nSPS) is 16.2. The van der Waals surface area contributed by atoms with Crippen molar-refractivity contribution in [1.82, 2.24) is 16.0 Å². The Balaban J connectivity index is 1.93. The van der Waals surface area contributed by atoms with Gasteiger partial charge in [0.05, 0.1) is 18.2 Å². The lowest BCUT2D eigenvalue weighted by atomic mass is 9.94. The van der Waals surface area contributed by atoms with Crippen LogP contribution in [0.15, 0.2) is 59.8 Å². The molecule has 0 saturated heterocycles. The van der Waals surface area contributed by atoms with Crippen molar-refractivity contribution in [2.24, 2.45) is 0 Å². The van der Waals surface area contributed by atoms with Crippen LogP contribution in [0.2, 0.25) is 0 Å². The molecule has 3 rings (SSSR count). The molecule has 0 spiro atoms. The van der Waals surface area contributed by atoms with Gasteiger partial charge in [-0.1, -0.05) is 30.3 Å². The number of rotatable bonds is 6.